The number of unbranched alkanes of at least 4 members (excludes halogenated alkanes) is 4. The Kier molecular flexibility index (Phi) is 22.2. The second-order valence-corrected chi connectivity index (χ2v) is 22.0. The summed E-state index contributed by atoms with van der Waals surface area (Å²) in [5.74, 6) is 7.50. The number of halogens is 2. The van der Waals surface area contributed by atoms with E-state index in [9.17, 15) is 4.79 Å². The van der Waals surface area contributed by atoms with E-state index in [2.05, 4.69) is 77.2 Å². The number of nitrogens with two attached hydrogens (primary N) is 2. The lowest BCUT2D eigenvalue weighted by Gasteiger charge is -2.58. The molecule has 4 nitrogen and oxygen atoms in total. The van der Waals surface area contributed by atoms with E-state index >= 15 is 0 Å². The minimum absolute atomic E-state index is 0. The summed E-state index contributed by atoms with van der Waals surface area (Å²) in [5, 5.41) is 0.695. The third-order valence-electron chi connectivity index (χ3n) is 15.2. The molecule has 0 heterocycles. The monoisotopic (exact) mass is 818 g/mol. The Balaban J connectivity index is 0.00000486. The summed E-state index contributed by atoms with van der Waals surface area (Å²) in [4.78, 5) is 15.4. The fourth-order valence-electron chi connectivity index (χ4n) is 11.8. The van der Waals surface area contributed by atoms with Gasteiger partial charge in [0.05, 0.1) is 0 Å². The minimum Gasteiger partial charge on any atom is -0.343 e. The third kappa shape index (κ3) is 13.5. The Morgan fingerprint density at radius 3 is 2.23 bits per heavy atom. The van der Waals surface area contributed by atoms with Gasteiger partial charge in [0.2, 0.25) is 5.91 Å². The normalized spacial score (nSPS) is 31.5. The highest BCUT2D eigenvalue weighted by Crippen LogP contribution is 2.67. The molecule has 312 valence electrons. The Labute approximate surface area is 349 Å². The standard InChI is InChI=1S/C45H83N3OS2.2ClH/c1-9-36(32(2)3)17-16-33(4)40-20-21-41-39-19-18-37-31-38(22-26-44(37,7)42(39)23-27-45(40,41)8)51-50-30-25-43(49)48(29-24-35(6)47)28-14-12-10-11-13-15-34(5)46;;/h18,32-36,38-42H,9-17,19-31,46-47H2,1-8H3;2*1H/t33-,34?,35?,36-,38+,39+,40-,41+,42+,44+,45-;;/m1../s1. The molecule has 4 aliphatic carbocycles. The van der Waals surface area contributed by atoms with Crippen LogP contribution in [0.3, 0.4) is 0 Å². The number of hydrogen-bond donors (Lipinski definition) is 2. The van der Waals surface area contributed by atoms with Crippen molar-refractivity contribution in [3.8, 4) is 0 Å². The molecule has 0 bridgehead atoms. The van der Waals surface area contributed by atoms with Gasteiger partial charge in [0.1, 0.15) is 0 Å². The van der Waals surface area contributed by atoms with Crippen molar-refractivity contribution in [3.63, 3.8) is 0 Å². The second-order valence-electron chi connectivity index (χ2n) is 19.2. The lowest BCUT2D eigenvalue weighted by molar-refractivity contribution is -0.130. The fourth-order valence-corrected chi connectivity index (χ4v) is 14.4. The summed E-state index contributed by atoms with van der Waals surface area (Å²) in [6, 6.07) is 0.448. The van der Waals surface area contributed by atoms with Crippen LogP contribution in [0.1, 0.15) is 177 Å². The molecule has 4 aliphatic rings. The van der Waals surface area contributed by atoms with Crippen molar-refractivity contribution in [1.82, 2.24) is 4.90 Å². The van der Waals surface area contributed by atoms with E-state index in [1.54, 1.807) is 5.57 Å². The summed E-state index contributed by atoms with van der Waals surface area (Å²) in [6.45, 7) is 21.1. The van der Waals surface area contributed by atoms with Crippen LogP contribution in [0.15, 0.2) is 11.6 Å². The number of allylic oxidation sites excluding steroid dienone is 2. The molecular weight excluding hydrogens is 734 g/mol. The molecule has 11 atom stereocenters. The van der Waals surface area contributed by atoms with Crippen molar-refractivity contribution >= 4 is 52.3 Å². The van der Waals surface area contributed by atoms with Crippen LogP contribution in [0, 0.1) is 52.3 Å². The fraction of sp³-hybridized carbons (Fsp3) is 0.933. The van der Waals surface area contributed by atoms with Crippen LogP contribution in [0.25, 0.3) is 0 Å². The van der Waals surface area contributed by atoms with Crippen molar-refractivity contribution < 1.29 is 4.79 Å². The maximum Gasteiger partial charge on any atom is 0.223 e. The molecule has 0 radical (unpaired) electrons. The molecule has 2 unspecified atom stereocenters. The van der Waals surface area contributed by atoms with E-state index in [0.29, 0.717) is 34.4 Å². The van der Waals surface area contributed by atoms with Crippen LogP contribution in [0.4, 0.5) is 0 Å². The van der Waals surface area contributed by atoms with Crippen LogP contribution >= 0.6 is 46.4 Å². The first-order valence-electron chi connectivity index (χ1n) is 22.1. The Bertz CT molecular complexity index is 1090. The number of hydrogen-bond acceptors (Lipinski definition) is 5. The van der Waals surface area contributed by atoms with Crippen molar-refractivity contribution in [2.75, 3.05) is 18.8 Å². The van der Waals surface area contributed by atoms with E-state index in [1.165, 1.54) is 96.3 Å². The zero-order chi connectivity index (χ0) is 37.2. The van der Waals surface area contributed by atoms with Crippen LogP contribution in [-0.2, 0) is 4.79 Å². The van der Waals surface area contributed by atoms with Crippen LogP contribution in [0.5, 0.6) is 0 Å². The van der Waals surface area contributed by atoms with Crippen molar-refractivity contribution in [1.29, 1.82) is 0 Å². The lowest BCUT2D eigenvalue weighted by atomic mass is 9.47. The molecule has 0 spiro atoms. The zero-order valence-corrected chi connectivity index (χ0v) is 38.8. The first-order chi connectivity index (χ1) is 24.3. The van der Waals surface area contributed by atoms with Gasteiger partial charge in [0.15, 0.2) is 0 Å². The molecule has 0 aromatic rings. The topological polar surface area (TPSA) is 72.3 Å². The molecular formula is C45H85Cl2N3OS2. The number of fused-ring (bicyclic) bond motifs is 5. The van der Waals surface area contributed by atoms with Crippen molar-refractivity contribution in [3.05, 3.63) is 11.6 Å². The molecule has 0 aliphatic heterocycles. The quantitative estimate of drug-likeness (QED) is 0.0647. The SMILES string of the molecule is CC[C@H](CC[C@@H](C)[C@H]1CC[C@H]2[C@@H]3CC=C4C[C@@H](SSCCC(=O)N(CCCCCCCC(C)N)CCC(C)N)CC[C@]4(C)[C@H]3CC[C@]12C)C(C)C.Cl.Cl. The van der Waals surface area contributed by atoms with E-state index in [0.717, 1.165) is 79.5 Å². The third-order valence-corrected chi connectivity index (χ3v) is 18.1. The first-order valence-corrected chi connectivity index (χ1v) is 24.4. The molecule has 3 saturated carbocycles. The van der Waals surface area contributed by atoms with E-state index < -0.39 is 0 Å². The number of amides is 1. The van der Waals surface area contributed by atoms with Crippen LogP contribution in [0.2, 0.25) is 0 Å². The Hall–Kier alpha value is 0.410. The Morgan fingerprint density at radius 2 is 1.55 bits per heavy atom. The number of nitrogens with zero attached hydrogens (tertiary/aromatic N) is 1. The van der Waals surface area contributed by atoms with Gasteiger partial charge in [0, 0.05) is 42.6 Å². The van der Waals surface area contributed by atoms with Gasteiger partial charge in [-0.05, 0) is 143 Å². The molecule has 4 rings (SSSR count). The van der Waals surface area contributed by atoms with Gasteiger partial charge >= 0.3 is 0 Å². The molecule has 8 heteroatoms. The highest BCUT2D eigenvalue weighted by molar-refractivity contribution is 8.76. The van der Waals surface area contributed by atoms with Crippen LogP contribution in [-0.4, -0.2) is 47.0 Å². The molecule has 0 aromatic heterocycles. The molecule has 0 aromatic carbocycles. The smallest absolute Gasteiger partial charge is 0.223 e. The van der Waals surface area contributed by atoms with Gasteiger partial charge in [-0.3, -0.25) is 4.79 Å². The molecule has 4 N–H and O–H groups in total. The predicted molar refractivity (Wildman–Crippen MR) is 241 cm³/mol. The molecule has 3 fully saturated rings. The average Bonchev–Trinajstić information content (AvgIpc) is 3.44. The van der Waals surface area contributed by atoms with Gasteiger partial charge in [-0.1, -0.05) is 113 Å². The van der Waals surface area contributed by atoms with Crippen LogP contribution < -0.4 is 11.5 Å². The second kappa shape index (κ2) is 23.7. The van der Waals surface area contributed by atoms with Gasteiger partial charge in [-0.15, -0.1) is 24.8 Å². The summed E-state index contributed by atoms with van der Waals surface area (Å²) >= 11 is 0. The number of carbonyl (C=O) groups excluding carboxylic acids is 1. The van der Waals surface area contributed by atoms with Crippen molar-refractivity contribution in [2.24, 2.45) is 63.7 Å². The van der Waals surface area contributed by atoms with E-state index in [4.69, 9.17) is 11.5 Å². The average molecular weight is 819 g/mol. The predicted octanol–water partition coefficient (Wildman–Crippen LogP) is 12.9. The van der Waals surface area contributed by atoms with Gasteiger partial charge < -0.3 is 16.4 Å². The summed E-state index contributed by atoms with van der Waals surface area (Å²) in [6.07, 6.45) is 26.8. The maximum absolute atomic E-state index is 13.3. The summed E-state index contributed by atoms with van der Waals surface area (Å²) < 4.78 is 0. The molecule has 53 heavy (non-hydrogen) atoms. The number of carbonyl (C=O) groups is 1. The van der Waals surface area contributed by atoms with Gasteiger partial charge in [0.25, 0.3) is 0 Å². The molecule has 0 saturated heterocycles. The first kappa shape index (κ1) is 49.6. The Morgan fingerprint density at radius 1 is 0.849 bits per heavy atom. The van der Waals surface area contributed by atoms with Crippen molar-refractivity contribution in [2.45, 2.75) is 195 Å². The van der Waals surface area contributed by atoms with E-state index in [-0.39, 0.29) is 30.9 Å². The maximum atomic E-state index is 13.3. The van der Waals surface area contributed by atoms with Gasteiger partial charge in [-0.2, -0.15) is 0 Å². The lowest BCUT2D eigenvalue weighted by Crippen LogP contribution is -2.50. The summed E-state index contributed by atoms with van der Waals surface area (Å²) in [7, 11) is 4.05. The number of rotatable bonds is 22. The minimum atomic E-state index is 0. The molecule has 1 amide bonds. The highest BCUT2D eigenvalue weighted by Gasteiger charge is 2.59. The zero-order valence-electron chi connectivity index (χ0n) is 35.6. The summed E-state index contributed by atoms with van der Waals surface area (Å²) in [5.41, 5.74) is 14.8. The van der Waals surface area contributed by atoms with Gasteiger partial charge in [-0.25, -0.2) is 0 Å². The highest BCUT2D eigenvalue weighted by atomic mass is 35.5. The van der Waals surface area contributed by atoms with E-state index in [1.807, 2.05) is 10.8 Å². The largest absolute Gasteiger partial charge is 0.343 e.